The van der Waals surface area contributed by atoms with Crippen LogP contribution >= 0.6 is 0 Å². The van der Waals surface area contributed by atoms with Crippen LogP contribution in [0.5, 0.6) is 0 Å². The molecule has 21 heavy (non-hydrogen) atoms. The monoisotopic (exact) mass is 293 g/mol. The lowest BCUT2D eigenvalue weighted by atomic mass is 9.97. The van der Waals surface area contributed by atoms with Crippen LogP contribution in [0.1, 0.15) is 37.3 Å². The molecule has 0 N–H and O–H groups in total. The lowest BCUT2D eigenvalue weighted by Gasteiger charge is -2.37. The second kappa shape index (κ2) is 6.15. The Morgan fingerprint density at radius 3 is 2.90 bits per heavy atom. The average Bonchev–Trinajstić information content (AvgIpc) is 2.92. The summed E-state index contributed by atoms with van der Waals surface area (Å²) in [5.74, 6) is 1.34. The van der Waals surface area contributed by atoms with Gasteiger partial charge in [0.05, 0.1) is 24.5 Å². The van der Waals surface area contributed by atoms with E-state index >= 15 is 0 Å². The highest BCUT2D eigenvalue weighted by Gasteiger charge is 2.34. The van der Waals surface area contributed by atoms with Gasteiger partial charge in [-0.3, -0.25) is 4.79 Å². The summed E-state index contributed by atoms with van der Waals surface area (Å²) < 4.78 is 12.7. The van der Waals surface area contributed by atoms with E-state index in [1.54, 1.807) is 7.11 Å². The Morgan fingerprint density at radius 2 is 2.19 bits per heavy atom. The van der Waals surface area contributed by atoms with Crippen LogP contribution in [-0.4, -0.2) is 47.2 Å². The van der Waals surface area contributed by atoms with Crippen LogP contribution in [-0.2, 0) is 27.4 Å². The normalized spacial score (nSPS) is 23.1. The van der Waals surface area contributed by atoms with Crippen molar-refractivity contribution < 1.29 is 14.3 Å². The van der Waals surface area contributed by atoms with E-state index in [4.69, 9.17) is 9.47 Å². The lowest BCUT2D eigenvalue weighted by molar-refractivity contribution is -0.142. The van der Waals surface area contributed by atoms with Gasteiger partial charge in [-0.2, -0.15) is 0 Å². The lowest BCUT2D eigenvalue weighted by Crippen LogP contribution is -2.45. The van der Waals surface area contributed by atoms with E-state index in [1.807, 2.05) is 11.1 Å². The highest BCUT2D eigenvalue weighted by atomic mass is 16.5. The van der Waals surface area contributed by atoms with Gasteiger partial charge in [-0.05, 0) is 19.8 Å². The molecule has 1 amide bonds. The van der Waals surface area contributed by atoms with E-state index < -0.39 is 0 Å². The second-order valence-corrected chi connectivity index (χ2v) is 5.79. The Morgan fingerprint density at radius 1 is 1.43 bits per heavy atom. The molecule has 3 rings (SSSR count). The van der Waals surface area contributed by atoms with Gasteiger partial charge in [0.25, 0.3) is 0 Å². The molecule has 0 spiro atoms. The minimum absolute atomic E-state index is 0.0275. The Kier molecular flexibility index (Phi) is 4.26. The first-order valence-corrected chi connectivity index (χ1v) is 7.64. The molecule has 1 aromatic rings. The zero-order valence-electron chi connectivity index (χ0n) is 12.7. The molecule has 0 radical (unpaired) electrons. The average molecular weight is 293 g/mol. The summed E-state index contributed by atoms with van der Waals surface area (Å²) in [5, 5.41) is 0. The molecule has 1 atom stereocenters. The van der Waals surface area contributed by atoms with E-state index in [0.29, 0.717) is 19.8 Å². The van der Waals surface area contributed by atoms with E-state index in [-0.39, 0.29) is 17.9 Å². The molecule has 6 nitrogen and oxygen atoms in total. The fourth-order valence-corrected chi connectivity index (χ4v) is 3.30. The molecule has 0 bridgehead atoms. The van der Waals surface area contributed by atoms with Gasteiger partial charge >= 0.3 is 0 Å². The predicted molar refractivity (Wildman–Crippen MR) is 76.6 cm³/mol. The first-order chi connectivity index (χ1) is 10.2. The predicted octanol–water partition coefficient (Wildman–Crippen LogP) is 1.36. The van der Waals surface area contributed by atoms with Crippen LogP contribution in [0.25, 0.3) is 0 Å². The van der Waals surface area contributed by atoms with Crippen LogP contribution in [0.3, 0.4) is 0 Å². The van der Waals surface area contributed by atoms with Gasteiger partial charge in [0.1, 0.15) is 5.82 Å². The van der Waals surface area contributed by atoms with Crippen molar-refractivity contribution in [2.24, 2.45) is 5.92 Å². The maximum absolute atomic E-state index is 12.7. The van der Waals surface area contributed by atoms with Crippen molar-refractivity contribution in [2.45, 2.75) is 39.0 Å². The number of fused-ring (bicyclic) bond motifs is 1. The topological polar surface area (TPSA) is 56.6 Å². The number of imidazole rings is 1. The van der Waals surface area contributed by atoms with E-state index in [0.717, 1.165) is 37.4 Å². The molecule has 3 heterocycles. The highest BCUT2D eigenvalue weighted by Crippen LogP contribution is 2.29. The standard InChI is InChI=1S/C15H23N3O3/c1-11-14-16-9-13(10-20-2)18(14)6-5-17(11)15(19)12-3-7-21-8-4-12/h9,11-12H,3-8,10H2,1-2H3. The molecular weight excluding hydrogens is 270 g/mol. The van der Waals surface area contributed by atoms with E-state index in [9.17, 15) is 4.79 Å². The molecule has 116 valence electrons. The van der Waals surface area contributed by atoms with Crippen LogP contribution in [0, 0.1) is 5.92 Å². The molecule has 0 aromatic carbocycles. The van der Waals surface area contributed by atoms with Crippen molar-refractivity contribution >= 4 is 5.91 Å². The van der Waals surface area contributed by atoms with Gasteiger partial charge in [0.15, 0.2) is 0 Å². The quantitative estimate of drug-likeness (QED) is 0.844. The number of carbonyl (C=O) groups is 1. The Labute approximate surface area is 125 Å². The Hall–Kier alpha value is -1.40. The van der Waals surface area contributed by atoms with Gasteiger partial charge in [-0.1, -0.05) is 0 Å². The second-order valence-electron chi connectivity index (χ2n) is 5.79. The first kappa shape index (κ1) is 14.5. The summed E-state index contributed by atoms with van der Waals surface area (Å²) in [7, 11) is 1.69. The summed E-state index contributed by atoms with van der Waals surface area (Å²) in [6.07, 6.45) is 3.54. The fraction of sp³-hybridized carbons (Fsp3) is 0.733. The van der Waals surface area contributed by atoms with Crippen molar-refractivity contribution in [1.82, 2.24) is 14.5 Å². The van der Waals surface area contributed by atoms with Crippen molar-refractivity contribution in [3.63, 3.8) is 0 Å². The summed E-state index contributed by atoms with van der Waals surface area (Å²) >= 11 is 0. The minimum atomic E-state index is 0.0275. The smallest absolute Gasteiger partial charge is 0.226 e. The van der Waals surface area contributed by atoms with Crippen LogP contribution in [0.4, 0.5) is 0 Å². The number of amides is 1. The van der Waals surface area contributed by atoms with E-state index in [2.05, 4.69) is 16.5 Å². The first-order valence-electron chi connectivity index (χ1n) is 7.64. The van der Waals surface area contributed by atoms with Crippen LogP contribution in [0.15, 0.2) is 6.20 Å². The van der Waals surface area contributed by atoms with Gasteiger partial charge in [-0.15, -0.1) is 0 Å². The zero-order chi connectivity index (χ0) is 14.8. The van der Waals surface area contributed by atoms with Crippen molar-refractivity contribution in [3.8, 4) is 0 Å². The van der Waals surface area contributed by atoms with E-state index in [1.165, 1.54) is 0 Å². The Bertz CT molecular complexity index is 508. The third-order valence-corrected chi connectivity index (χ3v) is 4.52. The van der Waals surface area contributed by atoms with Crippen molar-refractivity contribution in [2.75, 3.05) is 26.9 Å². The molecular formula is C15H23N3O3. The Balaban J connectivity index is 1.75. The minimum Gasteiger partial charge on any atom is -0.381 e. The molecule has 0 saturated carbocycles. The van der Waals surface area contributed by atoms with Gasteiger partial charge in [-0.25, -0.2) is 4.98 Å². The molecule has 6 heteroatoms. The summed E-state index contributed by atoms with van der Waals surface area (Å²) in [6, 6.07) is 0.0275. The molecule has 2 aliphatic heterocycles. The molecule has 0 aliphatic carbocycles. The van der Waals surface area contributed by atoms with Gasteiger partial charge < -0.3 is 18.9 Å². The maximum Gasteiger partial charge on any atom is 0.226 e. The van der Waals surface area contributed by atoms with Crippen molar-refractivity contribution in [1.29, 1.82) is 0 Å². The number of methoxy groups -OCH3 is 1. The summed E-state index contributed by atoms with van der Waals surface area (Å²) in [4.78, 5) is 19.2. The van der Waals surface area contributed by atoms with Gasteiger partial charge in [0.2, 0.25) is 5.91 Å². The third-order valence-electron chi connectivity index (χ3n) is 4.52. The molecule has 1 unspecified atom stereocenters. The van der Waals surface area contributed by atoms with Crippen LogP contribution in [0.2, 0.25) is 0 Å². The number of hydrogen-bond acceptors (Lipinski definition) is 4. The zero-order valence-corrected chi connectivity index (χ0v) is 12.7. The van der Waals surface area contributed by atoms with Crippen LogP contribution < -0.4 is 0 Å². The highest BCUT2D eigenvalue weighted by molar-refractivity contribution is 5.79. The number of nitrogens with zero attached hydrogens (tertiary/aromatic N) is 3. The number of aromatic nitrogens is 2. The molecule has 1 saturated heterocycles. The maximum atomic E-state index is 12.7. The third kappa shape index (κ3) is 2.70. The van der Waals surface area contributed by atoms with Crippen molar-refractivity contribution in [3.05, 3.63) is 17.7 Å². The molecule has 1 fully saturated rings. The number of hydrogen-bond donors (Lipinski definition) is 0. The molecule has 2 aliphatic rings. The number of rotatable bonds is 3. The largest absolute Gasteiger partial charge is 0.381 e. The van der Waals surface area contributed by atoms with Gasteiger partial charge in [0, 0.05) is 39.3 Å². The SMILES string of the molecule is COCc1cnc2n1CCN(C(=O)C1CCOCC1)C2C. The summed E-state index contributed by atoms with van der Waals surface area (Å²) in [6.45, 7) is 5.57. The number of carbonyl (C=O) groups excluding carboxylic acids is 1. The number of ether oxygens (including phenoxy) is 2. The molecule has 1 aromatic heterocycles. The summed E-state index contributed by atoms with van der Waals surface area (Å²) in [5.41, 5.74) is 1.08. The fourth-order valence-electron chi connectivity index (χ4n) is 3.30.